The molecule has 2 aliphatic heterocycles. The van der Waals surface area contributed by atoms with Crippen LogP contribution >= 0.6 is 0 Å². The molecule has 28 heavy (non-hydrogen) atoms. The molecule has 1 amide bonds. The maximum absolute atomic E-state index is 13.8. The van der Waals surface area contributed by atoms with Gasteiger partial charge in [-0.2, -0.15) is 18.6 Å². The average molecular weight is 392 g/mol. The normalized spacial score (nSPS) is 23.9. The molecular weight excluding hydrogens is 369 g/mol. The van der Waals surface area contributed by atoms with Crippen molar-refractivity contribution in [2.75, 3.05) is 18.0 Å². The van der Waals surface area contributed by atoms with Crippen molar-refractivity contribution < 1.29 is 18.0 Å². The molecule has 0 spiro atoms. The van der Waals surface area contributed by atoms with E-state index >= 15 is 0 Å². The topological polar surface area (TPSA) is 41.4 Å². The number of nitrogens with zero attached hydrogens (tertiary/aromatic N) is 4. The van der Waals surface area contributed by atoms with E-state index in [9.17, 15) is 18.0 Å². The summed E-state index contributed by atoms with van der Waals surface area (Å²) in [7, 11) is 0. The van der Waals surface area contributed by atoms with Crippen LogP contribution in [0.5, 0.6) is 0 Å². The fourth-order valence-electron chi connectivity index (χ4n) is 4.90. The first-order chi connectivity index (χ1) is 13.3. The Labute approximate surface area is 161 Å². The van der Waals surface area contributed by atoms with Crippen LogP contribution in [0.1, 0.15) is 43.7 Å². The lowest BCUT2D eigenvalue weighted by Gasteiger charge is -2.41. The molecule has 5 nitrogen and oxygen atoms in total. The lowest BCUT2D eigenvalue weighted by molar-refractivity contribution is 0.0436. The van der Waals surface area contributed by atoms with Gasteiger partial charge in [-0.05, 0) is 56.9 Å². The van der Waals surface area contributed by atoms with Crippen molar-refractivity contribution in [3.63, 3.8) is 0 Å². The number of anilines is 1. The van der Waals surface area contributed by atoms with Crippen LogP contribution in [0, 0.1) is 11.7 Å². The van der Waals surface area contributed by atoms with Gasteiger partial charge in [0.1, 0.15) is 11.5 Å². The highest BCUT2D eigenvalue weighted by Crippen LogP contribution is 2.44. The Kier molecular flexibility index (Phi) is 4.59. The van der Waals surface area contributed by atoms with Crippen molar-refractivity contribution in [2.24, 2.45) is 5.92 Å². The predicted molar refractivity (Wildman–Crippen MR) is 98.9 cm³/mol. The van der Waals surface area contributed by atoms with Gasteiger partial charge >= 0.3 is 6.55 Å². The van der Waals surface area contributed by atoms with Crippen molar-refractivity contribution in [1.82, 2.24) is 14.7 Å². The third-order valence-electron chi connectivity index (χ3n) is 5.89. The number of carbonyl (C=O) groups excluding carboxylic acids is 1. The molecule has 0 aliphatic carbocycles. The van der Waals surface area contributed by atoms with Crippen molar-refractivity contribution in [3.8, 4) is 0 Å². The third kappa shape index (κ3) is 3.14. The number of benzene rings is 1. The van der Waals surface area contributed by atoms with Crippen LogP contribution in [-0.2, 0) is 0 Å². The Hall–Kier alpha value is -2.51. The summed E-state index contributed by atoms with van der Waals surface area (Å²) < 4.78 is 40.4. The molecule has 2 aliphatic rings. The summed E-state index contributed by atoms with van der Waals surface area (Å²) in [6.07, 6.45) is 2.77. The van der Waals surface area contributed by atoms with Gasteiger partial charge in [0.25, 0.3) is 5.91 Å². The van der Waals surface area contributed by atoms with Gasteiger partial charge in [0, 0.05) is 36.6 Å². The Morgan fingerprint density at radius 2 is 2.07 bits per heavy atom. The van der Waals surface area contributed by atoms with Crippen molar-refractivity contribution in [3.05, 3.63) is 48.0 Å². The lowest BCUT2D eigenvalue weighted by Crippen LogP contribution is -2.50. The molecule has 2 saturated heterocycles. The zero-order chi connectivity index (χ0) is 20.1. The van der Waals surface area contributed by atoms with E-state index in [2.05, 4.69) is 23.8 Å². The quantitative estimate of drug-likeness (QED) is 0.795. The minimum atomic E-state index is -2.85. The first-order valence-electron chi connectivity index (χ1n) is 9.44. The van der Waals surface area contributed by atoms with E-state index in [1.807, 2.05) is 6.07 Å². The number of fused-ring (bicyclic) bond motifs is 1. The largest absolute Gasteiger partial charge is 0.363 e. The van der Waals surface area contributed by atoms with Gasteiger partial charge in [0.15, 0.2) is 0 Å². The van der Waals surface area contributed by atoms with Crippen LogP contribution in [0.4, 0.5) is 18.9 Å². The molecule has 2 atom stereocenters. The number of rotatable bonds is 3. The van der Waals surface area contributed by atoms with Crippen molar-refractivity contribution in [2.45, 2.75) is 44.8 Å². The zero-order valence-corrected chi connectivity index (χ0v) is 15.9. The van der Waals surface area contributed by atoms with Crippen LogP contribution in [-0.4, -0.2) is 45.3 Å². The van der Waals surface area contributed by atoms with E-state index in [0.29, 0.717) is 24.2 Å². The summed E-state index contributed by atoms with van der Waals surface area (Å²) in [6, 6.07) is 8.10. The van der Waals surface area contributed by atoms with Gasteiger partial charge in [-0.3, -0.25) is 4.79 Å². The minimum Gasteiger partial charge on any atom is -0.363 e. The summed E-state index contributed by atoms with van der Waals surface area (Å²) >= 11 is 0. The second-order valence-corrected chi connectivity index (χ2v) is 8.17. The Morgan fingerprint density at radius 1 is 1.29 bits per heavy atom. The molecule has 0 saturated carbocycles. The number of aromatic nitrogens is 2. The maximum atomic E-state index is 13.8. The van der Waals surface area contributed by atoms with E-state index < -0.39 is 12.5 Å². The van der Waals surface area contributed by atoms with E-state index in [-0.39, 0.29) is 29.0 Å². The molecule has 1 aromatic heterocycles. The molecule has 2 aromatic rings. The van der Waals surface area contributed by atoms with E-state index in [1.54, 1.807) is 17.0 Å². The Bertz CT molecular complexity index is 882. The van der Waals surface area contributed by atoms with E-state index in [0.717, 1.165) is 12.1 Å². The summed E-state index contributed by atoms with van der Waals surface area (Å²) in [4.78, 5) is 16.7. The smallest absolute Gasteiger partial charge is 0.333 e. The van der Waals surface area contributed by atoms with Gasteiger partial charge in [0.2, 0.25) is 0 Å². The summed E-state index contributed by atoms with van der Waals surface area (Å²) in [5.41, 5.74) is 0.563. The molecule has 3 heterocycles. The number of hydrogen-bond donors (Lipinski definition) is 0. The van der Waals surface area contributed by atoms with Gasteiger partial charge in [0.05, 0.1) is 0 Å². The number of piperidine rings is 1. The molecular formula is C20H23F3N4O. The summed E-state index contributed by atoms with van der Waals surface area (Å²) in [5, 5.41) is 3.56. The second-order valence-electron chi connectivity index (χ2n) is 8.17. The molecule has 0 N–H and O–H groups in total. The van der Waals surface area contributed by atoms with Crippen LogP contribution in [0.3, 0.4) is 0 Å². The van der Waals surface area contributed by atoms with E-state index in [1.165, 1.54) is 18.3 Å². The fourth-order valence-corrected chi connectivity index (χ4v) is 4.90. The van der Waals surface area contributed by atoms with E-state index in [4.69, 9.17) is 0 Å². The van der Waals surface area contributed by atoms with Crippen molar-refractivity contribution >= 4 is 11.6 Å². The second kappa shape index (κ2) is 6.83. The van der Waals surface area contributed by atoms with Crippen LogP contribution in [0.25, 0.3) is 0 Å². The number of alkyl halides is 2. The van der Waals surface area contributed by atoms with Gasteiger partial charge in [-0.1, -0.05) is 6.07 Å². The molecule has 0 radical (unpaired) electrons. The first-order valence-corrected chi connectivity index (χ1v) is 9.44. The highest BCUT2D eigenvalue weighted by molar-refractivity contribution is 5.92. The monoisotopic (exact) mass is 392 g/mol. The lowest BCUT2D eigenvalue weighted by atomic mass is 9.89. The molecule has 150 valence electrons. The Morgan fingerprint density at radius 3 is 2.79 bits per heavy atom. The first kappa shape index (κ1) is 18.8. The molecule has 4 rings (SSSR count). The van der Waals surface area contributed by atoms with Crippen LogP contribution < -0.4 is 4.90 Å². The summed E-state index contributed by atoms with van der Waals surface area (Å²) in [6.45, 7) is 2.35. The van der Waals surface area contributed by atoms with Gasteiger partial charge in [-0.15, -0.1) is 0 Å². The van der Waals surface area contributed by atoms with Crippen LogP contribution in [0.2, 0.25) is 0 Å². The highest BCUT2D eigenvalue weighted by Gasteiger charge is 2.49. The van der Waals surface area contributed by atoms with Gasteiger partial charge in [-0.25, -0.2) is 4.39 Å². The van der Waals surface area contributed by atoms with Crippen LogP contribution in [0.15, 0.2) is 36.5 Å². The predicted octanol–water partition coefficient (Wildman–Crippen LogP) is 3.94. The highest BCUT2D eigenvalue weighted by atomic mass is 19.3. The number of halogens is 3. The van der Waals surface area contributed by atoms with Crippen molar-refractivity contribution in [1.29, 1.82) is 0 Å². The minimum absolute atomic E-state index is 0.0901. The summed E-state index contributed by atoms with van der Waals surface area (Å²) in [5.74, 6) is -0.498. The molecule has 1 aromatic carbocycles. The SMILES string of the molecule is CC1(C)C[C@@H]2CN(C(=O)c3ccnn3C(F)F)CC[C@@H]2N1c1cccc(F)c1. The molecule has 2 fully saturated rings. The standard InChI is InChI=1S/C20H23F3N4O/c1-20(2)11-13-12-25(18(28)17-6-8-24-27(17)19(22)23)9-7-16(13)26(20)15-5-3-4-14(21)10-15/h3-6,8,10,13,16,19H,7,9,11-12H2,1-2H3/t13-,16+/m1/s1. The Balaban J connectivity index is 1.55. The molecule has 0 bridgehead atoms. The third-order valence-corrected chi connectivity index (χ3v) is 5.89. The number of likely N-dealkylation sites (tertiary alicyclic amines) is 1. The zero-order valence-electron chi connectivity index (χ0n) is 15.9. The molecule has 0 unspecified atom stereocenters. The fraction of sp³-hybridized carbons (Fsp3) is 0.500. The maximum Gasteiger partial charge on any atom is 0.333 e. The molecule has 8 heteroatoms. The average Bonchev–Trinajstić information content (AvgIpc) is 3.21. The number of carbonyl (C=O) groups is 1. The number of hydrogen-bond acceptors (Lipinski definition) is 3. The number of amides is 1. The van der Waals surface area contributed by atoms with Gasteiger partial charge < -0.3 is 9.80 Å².